The van der Waals surface area contributed by atoms with Crippen molar-refractivity contribution in [1.29, 1.82) is 0 Å². The van der Waals surface area contributed by atoms with Gasteiger partial charge in [-0.05, 0) is 50.3 Å². The van der Waals surface area contributed by atoms with Crippen LogP contribution in [-0.4, -0.2) is 31.1 Å². The quantitative estimate of drug-likeness (QED) is 0.838. The number of nitrogens with zero attached hydrogens (tertiary/aromatic N) is 1. The molecule has 0 aromatic heterocycles. The Hall–Kier alpha value is -1.26. The standard InChI is InChI=1S/C18H28ClN3O/c1-4-8-18(3,20)17(23)21-11-14-7-9-22(12-14)16-10-15(19)6-5-13(16)2/h5-6,10,14H,4,7-9,11-12,20H2,1-3H3,(H,21,23). The number of carbonyl (C=O) groups excluding carboxylic acids is 1. The van der Waals surface area contributed by atoms with Crippen molar-refractivity contribution in [3.8, 4) is 0 Å². The number of nitrogens with two attached hydrogens (primary N) is 1. The van der Waals surface area contributed by atoms with Crippen LogP contribution in [0.25, 0.3) is 0 Å². The first-order chi connectivity index (χ1) is 10.8. The zero-order valence-electron chi connectivity index (χ0n) is 14.4. The molecule has 1 saturated heterocycles. The molecule has 2 rings (SSSR count). The van der Waals surface area contributed by atoms with Gasteiger partial charge >= 0.3 is 0 Å². The zero-order chi connectivity index (χ0) is 17.0. The molecule has 0 spiro atoms. The van der Waals surface area contributed by atoms with E-state index < -0.39 is 5.54 Å². The molecule has 128 valence electrons. The number of rotatable bonds is 6. The maximum absolute atomic E-state index is 12.2. The van der Waals surface area contributed by atoms with Gasteiger partial charge in [-0.2, -0.15) is 0 Å². The van der Waals surface area contributed by atoms with Crippen LogP contribution in [-0.2, 0) is 4.79 Å². The van der Waals surface area contributed by atoms with E-state index in [9.17, 15) is 4.79 Å². The Morgan fingerprint density at radius 1 is 1.52 bits per heavy atom. The summed E-state index contributed by atoms with van der Waals surface area (Å²) in [5, 5.41) is 3.80. The molecule has 0 saturated carbocycles. The van der Waals surface area contributed by atoms with Gasteiger partial charge < -0.3 is 16.0 Å². The SMILES string of the molecule is CCCC(C)(N)C(=O)NCC1CCN(c2cc(Cl)ccc2C)C1. The van der Waals surface area contributed by atoms with Gasteiger partial charge in [0.1, 0.15) is 0 Å². The van der Waals surface area contributed by atoms with Crippen LogP contribution >= 0.6 is 11.6 Å². The Kier molecular flexibility index (Phi) is 5.93. The van der Waals surface area contributed by atoms with Crippen LogP contribution in [0.4, 0.5) is 5.69 Å². The Labute approximate surface area is 144 Å². The second kappa shape index (κ2) is 7.54. The van der Waals surface area contributed by atoms with Crippen LogP contribution in [0.3, 0.4) is 0 Å². The average molecular weight is 338 g/mol. The number of aryl methyl sites for hydroxylation is 1. The molecule has 4 nitrogen and oxygen atoms in total. The van der Waals surface area contributed by atoms with Crippen LogP contribution in [0.5, 0.6) is 0 Å². The summed E-state index contributed by atoms with van der Waals surface area (Å²) < 4.78 is 0. The number of benzene rings is 1. The van der Waals surface area contributed by atoms with Gasteiger partial charge in [0.2, 0.25) is 5.91 Å². The molecule has 5 heteroatoms. The number of anilines is 1. The summed E-state index contributed by atoms with van der Waals surface area (Å²) >= 11 is 6.12. The van der Waals surface area contributed by atoms with Gasteiger partial charge in [-0.1, -0.05) is 31.0 Å². The van der Waals surface area contributed by atoms with Gasteiger partial charge in [-0.15, -0.1) is 0 Å². The van der Waals surface area contributed by atoms with Crippen molar-refractivity contribution in [2.45, 2.75) is 45.6 Å². The molecular weight excluding hydrogens is 310 g/mol. The fraction of sp³-hybridized carbons (Fsp3) is 0.611. The second-order valence-corrected chi connectivity index (χ2v) is 7.35. The highest BCUT2D eigenvalue weighted by atomic mass is 35.5. The van der Waals surface area contributed by atoms with E-state index in [1.807, 2.05) is 26.0 Å². The molecule has 1 aromatic rings. The lowest BCUT2D eigenvalue weighted by molar-refractivity contribution is -0.126. The maximum Gasteiger partial charge on any atom is 0.239 e. The lowest BCUT2D eigenvalue weighted by Gasteiger charge is -2.24. The molecule has 2 unspecified atom stereocenters. The van der Waals surface area contributed by atoms with E-state index in [1.54, 1.807) is 0 Å². The lowest BCUT2D eigenvalue weighted by atomic mass is 9.96. The summed E-state index contributed by atoms with van der Waals surface area (Å²) in [5.41, 5.74) is 7.73. The Balaban J connectivity index is 1.89. The Bertz CT molecular complexity index is 559. The van der Waals surface area contributed by atoms with Gasteiger partial charge in [0.05, 0.1) is 5.54 Å². The third-order valence-corrected chi connectivity index (χ3v) is 4.87. The number of amides is 1. The second-order valence-electron chi connectivity index (χ2n) is 6.91. The molecule has 0 bridgehead atoms. The fourth-order valence-corrected chi connectivity index (χ4v) is 3.38. The third-order valence-electron chi connectivity index (χ3n) is 4.64. The van der Waals surface area contributed by atoms with Crippen LogP contribution in [0.1, 0.15) is 38.7 Å². The molecule has 3 N–H and O–H groups in total. The molecule has 1 heterocycles. The molecule has 2 atom stereocenters. The highest BCUT2D eigenvalue weighted by Crippen LogP contribution is 2.29. The van der Waals surface area contributed by atoms with E-state index in [4.69, 9.17) is 17.3 Å². The van der Waals surface area contributed by atoms with Crippen molar-refractivity contribution in [1.82, 2.24) is 5.32 Å². The minimum absolute atomic E-state index is 0.0447. The molecule has 1 aliphatic heterocycles. The van der Waals surface area contributed by atoms with Crippen molar-refractivity contribution in [2.75, 3.05) is 24.5 Å². The predicted molar refractivity (Wildman–Crippen MR) is 97.0 cm³/mol. The fourth-order valence-electron chi connectivity index (χ4n) is 3.21. The summed E-state index contributed by atoms with van der Waals surface area (Å²) in [5.74, 6) is 0.409. The van der Waals surface area contributed by atoms with E-state index in [1.165, 1.54) is 11.3 Å². The minimum Gasteiger partial charge on any atom is -0.371 e. The summed E-state index contributed by atoms with van der Waals surface area (Å²) in [6.45, 7) is 8.58. The van der Waals surface area contributed by atoms with E-state index in [2.05, 4.69) is 23.2 Å². The topological polar surface area (TPSA) is 58.4 Å². The molecule has 1 fully saturated rings. The van der Waals surface area contributed by atoms with Crippen molar-refractivity contribution < 1.29 is 4.79 Å². The van der Waals surface area contributed by atoms with Gasteiger partial charge in [0, 0.05) is 30.3 Å². The van der Waals surface area contributed by atoms with E-state index in [-0.39, 0.29) is 5.91 Å². The normalized spacial score (nSPS) is 20.4. The van der Waals surface area contributed by atoms with Gasteiger partial charge in [-0.3, -0.25) is 4.79 Å². The molecule has 0 radical (unpaired) electrons. The number of hydrogen-bond acceptors (Lipinski definition) is 3. The largest absolute Gasteiger partial charge is 0.371 e. The monoisotopic (exact) mass is 337 g/mol. The van der Waals surface area contributed by atoms with Crippen LogP contribution < -0.4 is 16.0 Å². The van der Waals surface area contributed by atoms with E-state index >= 15 is 0 Å². The number of hydrogen-bond donors (Lipinski definition) is 2. The molecule has 0 aliphatic carbocycles. The third kappa shape index (κ3) is 4.61. The summed E-state index contributed by atoms with van der Waals surface area (Å²) in [6.07, 6.45) is 2.68. The van der Waals surface area contributed by atoms with Crippen LogP contribution in [0.15, 0.2) is 18.2 Å². The van der Waals surface area contributed by atoms with E-state index in [0.29, 0.717) is 18.9 Å². The molecule has 1 aliphatic rings. The van der Waals surface area contributed by atoms with Crippen LogP contribution in [0, 0.1) is 12.8 Å². The lowest BCUT2D eigenvalue weighted by Crippen LogP contribution is -2.52. The highest BCUT2D eigenvalue weighted by Gasteiger charge is 2.29. The summed E-state index contributed by atoms with van der Waals surface area (Å²) in [6, 6.07) is 6.00. The molecule has 23 heavy (non-hydrogen) atoms. The Morgan fingerprint density at radius 3 is 2.96 bits per heavy atom. The number of carbonyl (C=O) groups is 1. The number of halogens is 1. The van der Waals surface area contributed by atoms with Crippen LogP contribution in [0.2, 0.25) is 5.02 Å². The summed E-state index contributed by atoms with van der Waals surface area (Å²) in [4.78, 5) is 14.5. The highest BCUT2D eigenvalue weighted by molar-refractivity contribution is 6.30. The van der Waals surface area contributed by atoms with Gasteiger partial charge in [0.15, 0.2) is 0 Å². The summed E-state index contributed by atoms with van der Waals surface area (Å²) in [7, 11) is 0. The van der Waals surface area contributed by atoms with Gasteiger partial charge in [0.25, 0.3) is 0 Å². The molecule has 1 aromatic carbocycles. The van der Waals surface area contributed by atoms with Crippen molar-refractivity contribution in [2.24, 2.45) is 11.7 Å². The first kappa shape index (κ1) is 18.1. The predicted octanol–water partition coefficient (Wildman–Crippen LogP) is 3.11. The zero-order valence-corrected chi connectivity index (χ0v) is 15.1. The number of nitrogens with one attached hydrogen (secondary N) is 1. The Morgan fingerprint density at radius 2 is 2.26 bits per heavy atom. The average Bonchev–Trinajstić information content (AvgIpc) is 2.96. The first-order valence-corrected chi connectivity index (χ1v) is 8.79. The van der Waals surface area contributed by atoms with Gasteiger partial charge in [-0.25, -0.2) is 0 Å². The maximum atomic E-state index is 12.2. The molecular formula is C18H28ClN3O. The van der Waals surface area contributed by atoms with E-state index in [0.717, 1.165) is 31.0 Å². The van der Waals surface area contributed by atoms with Crippen molar-refractivity contribution in [3.63, 3.8) is 0 Å². The minimum atomic E-state index is -0.767. The van der Waals surface area contributed by atoms with Crippen molar-refractivity contribution >= 4 is 23.2 Å². The smallest absolute Gasteiger partial charge is 0.239 e. The molecule has 1 amide bonds. The van der Waals surface area contributed by atoms with Crippen molar-refractivity contribution in [3.05, 3.63) is 28.8 Å². The first-order valence-electron chi connectivity index (χ1n) is 8.41.